The molecule has 0 atom stereocenters. The van der Waals surface area contributed by atoms with Gasteiger partial charge in [0.05, 0.1) is 42.7 Å². The number of ketones is 1. The zero-order valence-corrected chi connectivity index (χ0v) is 24.0. The summed E-state index contributed by atoms with van der Waals surface area (Å²) >= 11 is 0. The van der Waals surface area contributed by atoms with Crippen molar-refractivity contribution < 1.29 is 19.4 Å². The van der Waals surface area contributed by atoms with E-state index < -0.39 is 5.97 Å². The Kier molecular flexibility index (Phi) is 7.78. The fraction of sp³-hybridized carbons (Fsp3) is 0.303. The number of aromatic nitrogens is 1. The number of piperazine rings is 1. The van der Waals surface area contributed by atoms with Crippen LogP contribution in [0.5, 0.6) is 5.88 Å². The molecule has 3 aromatic carbocycles. The van der Waals surface area contributed by atoms with E-state index in [0.29, 0.717) is 35.4 Å². The number of hydrogen-bond donors (Lipinski definition) is 2. The minimum absolute atomic E-state index is 0.0270. The van der Waals surface area contributed by atoms with E-state index in [1.807, 2.05) is 42.5 Å². The predicted octanol–water partition coefficient (Wildman–Crippen LogP) is 4.01. The SMILES string of the molecule is COC(=O)c1ccc2c(C(=Nc3ccc4c(c3)CCN4CC(=O)CN3CCN(C)CC3)c3ccccc3)c(O)[nH]c2c1. The molecule has 4 aromatic rings. The molecule has 9 nitrogen and oxygen atoms in total. The number of aromatic hydroxyl groups is 1. The standard InChI is InChI=1S/C33H35N5O4/c1-36-14-16-37(17-15-36)20-26(39)21-38-13-12-23-18-25(9-11-29(23)38)34-31(22-6-4-3-5-7-22)30-27-10-8-24(33(41)42-2)19-28(27)35-32(30)40/h3-11,18-19,35,40H,12-17,20-21H2,1-2H3. The third-order valence-corrected chi connectivity index (χ3v) is 8.14. The van der Waals surface area contributed by atoms with E-state index in [1.165, 1.54) is 7.11 Å². The highest BCUT2D eigenvalue weighted by atomic mass is 16.5. The average Bonchev–Trinajstić information content (AvgIpc) is 3.55. The highest BCUT2D eigenvalue weighted by molar-refractivity contribution is 6.22. The smallest absolute Gasteiger partial charge is 0.337 e. The number of H-pyrrole nitrogens is 1. The first-order valence-corrected chi connectivity index (χ1v) is 14.3. The minimum atomic E-state index is -0.447. The summed E-state index contributed by atoms with van der Waals surface area (Å²) in [5, 5.41) is 11.8. The van der Waals surface area contributed by atoms with Gasteiger partial charge in [-0.3, -0.25) is 9.69 Å². The van der Waals surface area contributed by atoms with Crippen molar-refractivity contribution in [1.29, 1.82) is 0 Å². The number of methoxy groups -OCH3 is 1. The van der Waals surface area contributed by atoms with Crippen molar-refractivity contribution in [1.82, 2.24) is 14.8 Å². The number of rotatable bonds is 8. The molecule has 0 unspecified atom stereocenters. The summed E-state index contributed by atoms with van der Waals surface area (Å²) in [5.74, 6) is -0.232. The van der Waals surface area contributed by atoms with Crippen LogP contribution in [0.25, 0.3) is 10.9 Å². The van der Waals surface area contributed by atoms with Crippen molar-refractivity contribution in [2.75, 3.05) is 64.9 Å². The first kappa shape index (κ1) is 27.7. The van der Waals surface area contributed by atoms with Gasteiger partial charge in [-0.15, -0.1) is 0 Å². The van der Waals surface area contributed by atoms with E-state index in [9.17, 15) is 14.7 Å². The molecule has 3 heterocycles. The Bertz CT molecular complexity index is 1650. The van der Waals surface area contributed by atoms with Gasteiger partial charge in [0.1, 0.15) is 0 Å². The van der Waals surface area contributed by atoms with E-state index in [1.54, 1.807) is 18.2 Å². The minimum Gasteiger partial charge on any atom is -0.494 e. The Morgan fingerprint density at radius 3 is 2.48 bits per heavy atom. The summed E-state index contributed by atoms with van der Waals surface area (Å²) in [6.45, 7) is 5.57. The molecule has 0 spiro atoms. The number of hydrogen-bond acceptors (Lipinski definition) is 8. The normalized spacial score (nSPS) is 16.1. The van der Waals surface area contributed by atoms with Crippen LogP contribution in [0.15, 0.2) is 71.7 Å². The van der Waals surface area contributed by atoms with Crippen LogP contribution in [-0.4, -0.2) is 97.3 Å². The Hall–Kier alpha value is -4.47. The third-order valence-electron chi connectivity index (χ3n) is 8.14. The van der Waals surface area contributed by atoms with Crippen LogP contribution >= 0.6 is 0 Å². The lowest BCUT2D eigenvalue weighted by Crippen LogP contribution is -2.47. The maximum Gasteiger partial charge on any atom is 0.337 e. The van der Waals surface area contributed by atoms with Gasteiger partial charge < -0.3 is 24.6 Å². The quantitative estimate of drug-likeness (QED) is 0.246. The molecule has 1 fully saturated rings. The summed E-state index contributed by atoms with van der Waals surface area (Å²) in [5.41, 5.74) is 6.02. The van der Waals surface area contributed by atoms with Crippen molar-refractivity contribution in [3.8, 4) is 5.88 Å². The number of ether oxygens (including phenoxy) is 1. The van der Waals surface area contributed by atoms with Crippen molar-refractivity contribution >= 4 is 39.7 Å². The summed E-state index contributed by atoms with van der Waals surface area (Å²) < 4.78 is 4.86. The maximum atomic E-state index is 12.9. The zero-order valence-electron chi connectivity index (χ0n) is 24.0. The highest BCUT2D eigenvalue weighted by Crippen LogP contribution is 2.35. The van der Waals surface area contributed by atoms with Gasteiger partial charge >= 0.3 is 5.97 Å². The van der Waals surface area contributed by atoms with Crippen molar-refractivity contribution in [3.63, 3.8) is 0 Å². The molecule has 1 saturated heterocycles. The van der Waals surface area contributed by atoms with Crippen LogP contribution in [-0.2, 0) is 16.0 Å². The first-order valence-electron chi connectivity index (χ1n) is 14.3. The second-order valence-corrected chi connectivity index (χ2v) is 11.0. The lowest BCUT2D eigenvalue weighted by molar-refractivity contribution is -0.119. The Labute approximate surface area is 245 Å². The molecule has 2 aliphatic heterocycles. The van der Waals surface area contributed by atoms with E-state index in [-0.39, 0.29) is 11.7 Å². The lowest BCUT2D eigenvalue weighted by Gasteiger charge is -2.32. The molecule has 216 valence electrons. The molecule has 0 bridgehead atoms. The first-order chi connectivity index (χ1) is 20.4. The van der Waals surface area contributed by atoms with Gasteiger partial charge in [-0.2, -0.15) is 0 Å². The molecule has 2 aliphatic rings. The molecule has 9 heteroatoms. The van der Waals surface area contributed by atoms with Crippen LogP contribution in [0.3, 0.4) is 0 Å². The van der Waals surface area contributed by atoms with Crippen molar-refractivity contribution in [2.24, 2.45) is 4.99 Å². The van der Waals surface area contributed by atoms with Gasteiger partial charge in [0, 0.05) is 54.9 Å². The lowest BCUT2D eigenvalue weighted by atomic mass is 10.00. The van der Waals surface area contributed by atoms with Crippen LogP contribution < -0.4 is 4.90 Å². The molecule has 6 rings (SSSR count). The van der Waals surface area contributed by atoms with E-state index in [2.05, 4.69) is 32.8 Å². The van der Waals surface area contributed by atoms with E-state index in [0.717, 1.165) is 67.0 Å². The van der Waals surface area contributed by atoms with Crippen molar-refractivity contribution in [2.45, 2.75) is 6.42 Å². The number of carbonyl (C=O) groups excluding carboxylic acids is 2. The molecule has 0 aliphatic carbocycles. The number of nitrogens with one attached hydrogen (secondary N) is 1. The Balaban J connectivity index is 1.29. The predicted molar refractivity (Wildman–Crippen MR) is 164 cm³/mol. The van der Waals surface area contributed by atoms with E-state index >= 15 is 0 Å². The third kappa shape index (κ3) is 5.66. The molecule has 0 radical (unpaired) electrons. The summed E-state index contributed by atoms with van der Waals surface area (Å²) in [4.78, 5) is 39.7. The van der Waals surface area contributed by atoms with Gasteiger partial charge in [0.15, 0.2) is 11.7 Å². The van der Waals surface area contributed by atoms with Crippen LogP contribution in [0, 0.1) is 0 Å². The number of esters is 1. The second kappa shape index (κ2) is 11.8. The summed E-state index contributed by atoms with van der Waals surface area (Å²) in [7, 11) is 3.46. The van der Waals surface area contributed by atoms with Gasteiger partial charge in [0.2, 0.25) is 0 Å². The van der Waals surface area contributed by atoms with Gasteiger partial charge in [0.25, 0.3) is 0 Å². The Morgan fingerprint density at radius 2 is 1.71 bits per heavy atom. The number of Topliss-reactive ketones (excluding diaryl/α,β-unsaturated/α-hetero) is 1. The van der Waals surface area contributed by atoms with Gasteiger partial charge in [-0.05, 0) is 49.4 Å². The molecule has 2 N–H and O–H groups in total. The average molecular weight is 566 g/mol. The number of aliphatic imine (C=N–C) groups is 1. The maximum absolute atomic E-state index is 12.9. The molecule has 1 aromatic heterocycles. The van der Waals surface area contributed by atoms with Gasteiger partial charge in [-0.25, -0.2) is 9.79 Å². The fourth-order valence-electron chi connectivity index (χ4n) is 5.87. The highest BCUT2D eigenvalue weighted by Gasteiger charge is 2.24. The summed E-state index contributed by atoms with van der Waals surface area (Å²) in [6, 6.07) is 21.0. The topological polar surface area (TPSA) is 101 Å². The van der Waals surface area contributed by atoms with Crippen LogP contribution in [0.2, 0.25) is 0 Å². The summed E-state index contributed by atoms with van der Waals surface area (Å²) in [6.07, 6.45) is 0.843. The Morgan fingerprint density at radius 1 is 0.929 bits per heavy atom. The zero-order chi connectivity index (χ0) is 29.2. The van der Waals surface area contributed by atoms with Crippen LogP contribution in [0.4, 0.5) is 11.4 Å². The van der Waals surface area contributed by atoms with E-state index in [4.69, 9.17) is 9.73 Å². The number of benzene rings is 3. The number of fused-ring (bicyclic) bond motifs is 2. The number of nitrogens with zero attached hydrogens (tertiary/aromatic N) is 4. The number of carbonyl (C=O) groups is 2. The number of likely N-dealkylation sites (N-methyl/N-ethyl adjacent to an activating group) is 1. The molecular formula is C33H35N5O4. The number of aromatic amines is 1. The number of anilines is 1. The van der Waals surface area contributed by atoms with Crippen molar-refractivity contribution in [3.05, 3.63) is 89.0 Å². The molecule has 0 amide bonds. The van der Waals surface area contributed by atoms with Gasteiger partial charge in [-0.1, -0.05) is 36.4 Å². The monoisotopic (exact) mass is 565 g/mol. The largest absolute Gasteiger partial charge is 0.494 e. The second-order valence-electron chi connectivity index (χ2n) is 11.0. The molecule has 42 heavy (non-hydrogen) atoms. The van der Waals surface area contributed by atoms with Crippen LogP contribution in [0.1, 0.15) is 27.0 Å². The fourth-order valence-corrected chi connectivity index (χ4v) is 5.87. The molecular weight excluding hydrogens is 530 g/mol. The molecule has 0 saturated carbocycles.